The van der Waals surface area contributed by atoms with E-state index in [0.717, 1.165) is 17.7 Å². The van der Waals surface area contributed by atoms with Crippen molar-refractivity contribution in [1.82, 2.24) is 9.47 Å². The van der Waals surface area contributed by atoms with Gasteiger partial charge in [-0.2, -0.15) is 0 Å². The molecule has 0 N–H and O–H groups in total. The van der Waals surface area contributed by atoms with E-state index in [4.69, 9.17) is 9.47 Å². The van der Waals surface area contributed by atoms with Crippen molar-refractivity contribution in [3.8, 4) is 5.75 Å². The summed E-state index contributed by atoms with van der Waals surface area (Å²) in [6.45, 7) is 4.75. The van der Waals surface area contributed by atoms with Crippen molar-refractivity contribution in [3.63, 3.8) is 0 Å². The Morgan fingerprint density at radius 1 is 1.12 bits per heavy atom. The second-order valence-corrected chi connectivity index (χ2v) is 10.8. The monoisotopic (exact) mass is 550 g/mol. The molecular weight excluding hydrogens is 518 g/mol. The number of aryl methyl sites for hydroxylation is 1. The minimum absolute atomic E-state index is 0.0101. The number of benzene rings is 2. The SMILES string of the molecule is COC[C@@H]1C[C@@]12CN(C(C)C)C(=O)c1c(OCc3ccccc3)c(=O)c(C(=O)CCc3ccc(F)cc3F)cn12. The standard InChI is InChI=1S/C31H32F2N2O5/c1-19(2)34-18-31(14-22(31)17-39-3)35-15-24(26(36)12-10-21-9-11-23(32)13-25(21)33)28(37)29(27(35)30(34)38)40-16-20-7-5-4-6-8-20/h4-9,11,13,15,19,22H,10,12,14,16-18H2,1-3H3/t22-,31+/m0/s1. The highest BCUT2D eigenvalue weighted by molar-refractivity contribution is 6.00. The smallest absolute Gasteiger partial charge is 0.274 e. The van der Waals surface area contributed by atoms with Crippen LogP contribution >= 0.6 is 0 Å². The molecule has 1 saturated carbocycles. The lowest BCUT2D eigenvalue weighted by Crippen LogP contribution is -2.52. The van der Waals surface area contributed by atoms with Crippen LogP contribution in [0, 0.1) is 17.6 Å². The number of carbonyl (C=O) groups excluding carboxylic acids is 2. The van der Waals surface area contributed by atoms with Gasteiger partial charge in [0.15, 0.2) is 17.2 Å². The molecule has 1 aliphatic carbocycles. The van der Waals surface area contributed by atoms with Crippen LogP contribution in [0.15, 0.2) is 59.5 Å². The molecule has 2 atom stereocenters. The first-order valence-corrected chi connectivity index (χ1v) is 13.4. The molecule has 1 aliphatic heterocycles. The third kappa shape index (κ3) is 5.06. The molecule has 9 heteroatoms. The van der Waals surface area contributed by atoms with E-state index >= 15 is 0 Å². The summed E-state index contributed by atoms with van der Waals surface area (Å²) < 4.78 is 40.8. The summed E-state index contributed by atoms with van der Waals surface area (Å²) in [5.41, 5.74) is -0.241. The Morgan fingerprint density at radius 2 is 1.88 bits per heavy atom. The van der Waals surface area contributed by atoms with Gasteiger partial charge in [0.1, 0.15) is 18.2 Å². The van der Waals surface area contributed by atoms with E-state index in [1.807, 2.05) is 44.2 Å². The number of Topliss-reactive ketones (excluding diaryl/α,β-unsaturated/α-hetero) is 1. The van der Waals surface area contributed by atoms with Crippen LogP contribution in [-0.2, 0) is 23.3 Å². The first kappa shape index (κ1) is 27.7. The zero-order valence-electron chi connectivity index (χ0n) is 22.8. The van der Waals surface area contributed by atoms with Crippen molar-refractivity contribution in [1.29, 1.82) is 0 Å². The number of methoxy groups -OCH3 is 1. The third-order valence-corrected chi connectivity index (χ3v) is 7.91. The maximum Gasteiger partial charge on any atom is 0.274 e. The van der Waals surface area contributed by atoms with Crippen molar-refractivity contribution in [2.75, 3.05) is 20.3 Å². The van der Waals surface area contributed by atoms with Gasteiger partial charge in [-0.1, -0.05) is 36.4 Å². The van der Waals surface area contributed by atoms with E-state index in [0.29, 0.717) is 19.6 Å². The fraction of sp³-hybridized carbons (Fsp3) is 0.387. The van der Waals surface area contributed by atoms with Gasteiger partial charge >= 0.3 is 0 Å². The molecule has 2 aromatic carbocycles. The highest BCUT2D eigenvalue weighted by Crippen LogP contribution is 2.54. The molecule has 1 spiro atoms. The van der Waals surface area contributed by atoms with E-state index in [1.165, 1.54) is 12.3 Å². The second kappa shape index (κ2) is 11.0. The molecule has 1 amide bonds. The van der Waals surface area contributed by atoms with Gasteiger partial charge in [0.25, 0.3) is 5.91 Å². The van der Waals surface area contributed by atoms with Crippen LogP contribution < -0.4 is 10.2 Å². The summed E-state index contributed by atoms with van der Waals surface area (Å²) >= 11 is 0. The van der Waals surface area contributed by atoms with Crippen molar-refractivity contribution < 1.29 is 27.8 Å². The molecule has 210 valence electrons. The highest BCUT2D eigenvalue weighted by Gasteiger charge is 2.61. The molecule has 0 unspecified atom stereocenters. The molecular formula is C31H32F2N2O5. The summed E-state index contributed by atoms with van der Waals surface area (Å²) in [5.74, 6) is -2.39. The number of fused-ring (bicyclic) bond motifs is 2. The average molecular weight is 551 g/mol. The zero-order valence-corrected chi connectivity index (χ0v) is 22.8. The van der Waals surface area contributed by atoms with Crippen LogP contribution in [0.5, 0.6) is 5.75 Å². The number of aromatic nitrogens is 1. The number of hydrogen-bond donors (Lipinski definition) is 0. The molecule has 1 aromatic heterocycles. The Labute approximate surface area is 231 Å². The van der Waals surface area contributed by atoms with Gasteiger partial charge in [-0.3, -0.25) is 14.4 Å². The fourth-order valence-corrected chi connectivity index (χ4v) is 5.58. The van der Waals surface area contributed by atoms with Crippen molar-refractivity contribution >= 4 is 11.7 Å². The van der Waals surface area contributed by atoms with Crippen LogP contribution in [-0.4, -0.2) is 47.5 Å². The Bertz CT molecular complexity index is 1500. The fourth-order valence-electron chi connectivity index (χ4n) is 5.58. The van der Waals surface area contributed by atoms with Crippen molar-refractivity contribution in [2.45, 2.75) is 51.3 Å². The van der Waals surface area contributed by atoms with Gasteiger partial charge in [-0.25, -0.2) is 8.78 Å². The van der Waals surface area contributed by atoms with Crippen LogP contribution in [0.2, 0.25) is 0 Å². The number of ether oxygens (including phenoxy) is 2. The molecule has 2 heterocycles. The third-order valence-electron chi connectivity index (χ3n) is 7.91. The van der Waals surface area contributed by atoms with E-state index in [9.17, 15) is 23.2 Å². The summed E-state index contributed by atoms with van der Waals surface area (Å²) in [4.78, 5) is 42.8. The number of ketones is 1. The normalized spacial score (nSPS) is 19.7. The highest BCUT2D eigenvalue weighted by atomic mass is 19.1. The predicted octanol–water partition coefficient (Wildman–Crippen LogP) is 4.75. The lowest BCUT2D eigenvalue weighted by atomic mass is 9.99. The number of hydrogen-bond acceptors (Lipinski definition) is 5. The maximum atomic E-state index is 14.2. The molecule has 5 rings (SSSR count). The molecule has 7 nitrogen and oxygen atoms in total. The number of pyridine rings is 1. The van der Waals surface area contributed by atoms with Crippen molar-refractivity contribution in [3.05, 3.63) is 99.0 Å². The Kier molecular flexibility index (Phi) is 7.59. The van der Waals surface area contributed by atoms with Crippen molar-refractivity contribution in [2.24, 2.45) is 5.92 Å². The molecule has 2 aliphatic rings. The van der Waals surface area contributed by atoms with Crippen LogP contribution in [0.25, 0.3) is 0 Å². The van der Waals surface area contributed by atoms with Gasteiger partial charge in [0.2, 0.25) is 5.43 Å². The minimum Gasteiger partial charge on any atom is -0.483 e. The number of rotatable bonds is 10. The molecule has 0 radical (unpaired) electrons. The first-order valence-electron chi connectivity index (χ1n) is 13.4. The molecule has 3 aromatic rings. The predicted molar refractivity (Wildman–Crippen MR) is 145 cm³/mol. The lowest BCUT2D eigenvalue weighted by molar-refractivity contribution is 0.0539. The summed E-state index contributed by atoms with van der Waals surface area (Å²) in [6.07, 6.45) is 2.00. The van der Waals surface area contributed by atoms with E-state index < -0.39 is 28.4 Å². The topological polar surface area (TPSA) is 77.8 Å². The summed E-state index contributed by atoms with van der Waals surface area (Å²) in [6, 6.07) is 12.3. The first-order chi connectivity index (χ1) is 19.2. The zero-order chi connectivity index (χ0) is 28.6. The summed E-state index contributed by atoms with van der Waals surface area (Å²) in [5, 5.41) is 0. The van der Waals surface area contributed by atoms with Gasteiger partial charge in [0, 0.05) is 44.3 Å². The quantitative estimate of drug-likeness (QED) is 0.341. The van der Waals surface area contributed by atoms with Crippen LogP contribution in [0.1, 0.15) is 58.7 Å². The van der Waals surface area contributed by atoms with Crippen LogP contribution in [0.4, 0.5) is 8.78 Å². The van der Waals surface area contributed by atoms with Gasteiger partial charge in [0.05, 0.1) is 17.7 Å². The number of carbonyl (C=O) groups is 2. The molecule has 0 saturated heterocycles. The van der Waals surface area contributed by atoms with E-state index in [-0.39, 0.29) is 59.9 Å². The molecule has 40 heavy (non-hydrogen) atoms. The average Bonchev–Trinajstić information content (AvgIpc) is 3.62. The van der Waals surface area contributed by atoms with Gasteiger partial charge in [-0.15, -0.1) is 0 Å². The molecule has 1 fully saturated rings. The van der Waals surface area contributed by atoms with Crippen LogP contribution in [0.3, 0.4) is 0 Å². The number of amides is 1. The summed E-state index contributed by atoms with van der Waals surface area (Å²) in [7, 11) is 1.62. The second-order valence-electron chi connectivity index (χ2n) is 10.8. The minimum atomic E-state index is -0.749. The van der Waals surface area contributed by atoms with E-state index in [1.54, 1.807) is 16.6 Å². The van der Waals surface area contributed by atoms with E-state index in [2.05, 4.69) is 0 Å². The number of nitrogens with zero attached hydrogens (tertiary/aromatic N) is 2. The Balaban J connectivity index is 1.58. The molecule has 0 bridgehead atoms. The van der Waals surface area contributed by atoms with Gasteiger partial charge in [-0.05, 0) is 43.9 Å². The maximum absolute atomic E-state index is 14.2. The van der Waals surface area contributed by atoms with Gasteiger partial charge < -0.3 is 18.9 Å². The largest absolute Gasteiger partial charge is 0.483 e. The Hall–Kier alpha value is -3.85. The number of halogens is 2. The lowest BCUT2D eigenvalue weighted by Gasteiger charge is -2.40. The Morgan fingerprint density at radius 3 is 2.55 bits per heavy atom.